The Bertz CT molecular complexity index is 1230. The maximum atomic E-state index is 13.7. The number of aliphatic hydroxyl groups excluding tert-OH is 1. The van der Waals surface area contributed by atoms with Crippen LogP contribution in [0.25, 0.3) is 0 Å². The van der Waals surface area contributed by atoms with Gasteiger partial charge >= 0.3 is 10.3 Å². The number of ketones is 1. The van der Waals surface area contributed by atoms with Gasteiger partial charge in [0, 0.05) is 18.3 Å². The number of nitrogens with one attached hydrogen (secondary N) is 1. The molecule has 0 radical (unpaired) electrons. The maximum Gasteiger partial charge on any atom is 0.333 e. The van der Waals surface area contributed by atoms with Crippen LogP contribution in [0, 0.1) is 5.92 Å². The second-order valence-electron chi connectivity index (χ2n) is 7.64. The second-order valence-corrected chi connectivity index (χ2v) is 8.86. The number of nitrogens with zero attached hydrogens (tertiary/aromatic N) is 4. The van der Waals surface area contributed by atoms with Gasteiger partial charge < -0.3 is 10.4 Å². The summed E-state index contributed by atoms with van der Waals surface area (Å²) in [5, 5.41) is 21.0. The van der Waals surface area contributed by atoms with E-state index in [9.17, 15) is 27.1 Å². The molecule has 3 atom stereocenters. The molecular formula is C21H24F2N6O5S. The molecule has 0 fully saturated rings. The van der Waals surface area contributed by atoms with Gasteiger partial charge in [-0.05, 0) is 18.1 Å². The number of rotatable bonds is 13. The number of halogens is 2. The highest BCUT2D eigenvalue weighted by atomic mass is 32.2. The minimum absolute atomic E-state index is 0.00551. The molecule has 3 aromatic rings. The Morgan fingerprint density at radius 1 is 1.26 bits per heavy atom. The van der Waals surface area contributed by atoms with Crippen molar-refractivity contribution in [3.05, 3.63) is 71.9 Å². The molecule has 35 heavy (non-hydrogen) atoms. The second kappa shape index (κ2) is 11.9. The Kier molecular flexibility index (Phi) is 8.92. The number of alkyl halides is 2. The molecular weight excluding hydrogens is 486 g/mol. The number of nitrogens with two attached hydrogens (primary N) is 1. The Labute approximate surface area is 200 Å². The number of aliphatic hydroxyl groups is 1. The molecule has 0 unspecified atom stereocenters. The average molecular weight is 511 g/mol. The number of benzene rings is 1. The Balaban J connectivity index is 1.73. The van der Waals surface area contributed by atoms with E-state index < -0.39 is 54.1 Å². The van der Waals surface area contributed by atoms with Gasteiger partial charge in [-0.25, -0.2) is 23.9 Å². The fourth-order valence-corrected chi connectivity index (χ4v) is 3.62. The predicted octanol–water partition coefficient (Wildman–Crippen LogP) is 1.22. The van der Waals surface area contributed by atoms with E-state index in [1.165, 1.54) is 12.3 Å². The smallest absolute Gasteiger partial charge is 0.333 e. The SMILES string of the molecule is NS(=O)(=O)OC[C@@H](C[C@H](CF)Nc1ncncc1C(=O)c1ccn(Cc2ccccc2)n1)[C@@H](O)F. The summed E-state index contributed by atoms with van der Waals surface area (Å²) >= 11 is 0. The highest BCUT2D eigenvalue weighted by molar-refractivity contribution is 7.84. The highest BCUT2D eigenvalue weighted by Crippen LogP contribution is 2.21. The summed E-state index contributed by atoms with van der Waals surface area (Å²) in [6.07, 6.45) is 1.10. The van der Waals surface area contributed by atoms with Crippen LogP contribution in [0.3, 0.4) is 0 Å². The van der Waals surface area contributed by atoms with Crippen molar-refractivity contribution in [1.29, 1.82) is 0 Å². The van der Waals surface area contributed by atoms with Crippen molar-refractivity contribution in [2.75, 3.05) is 18.6 Å². The van der Waals surface area contributed by atoms with Crippen molar-refractivity contribution in [3.8, 4) is 0 Å². The largest absolute Gasteiger partial charge is 0.364 e. The van der Waals surface area contributed by atoms with Crippen LogP contribution in [0.2, 0.25) is 0 Å². The van der Waals surface area contributed by atoms with E-state index >= 15 is 0 Å². The van der Waals surface area contributed by atoms with Gasteiger partial charge in [-0.3, -0.25) is 13.7 Å². The minimum atomic E-state index is -4.39. The summed E-state index contributed by atoms with van der Waals surface area (Å²) in [4.78, 5) is 20.9. The summed E-state index contributed by atoms with van der Waals surface area (Å²) in [5.74, 6) is -1.99. The normalized spacial score (nSPS) is 14.3. The fourth-order valence-electron chi connectivity index (χ4n) is 3.25. The van der Waals surface area contributed by atoms with Crippen LogP contribution >= 0.6 is 0 Å². The molecule has 4 N–H and O–H groups in total. The summed E-state index contributed by atoms with van der Waals surface area (Å²) in [7, 11) is -4.39. The zero-order chi connectivity index (χ0) is 25.4. The molecule has 2 aromatic heterocycles. The molecule has 0 aliphatic carbocycles. The Morgan fingerprint density at radius 3 is 2.66 bits per heavy atom. The molecule has 1 aromatic carbocycles. The predicted molar refractivity (Wildman–Crippen MR) is 121 cm³/mol. The number of hydrogen-bond acceptors (Lipinski definition) is 9. The highest BCUT2D eigenvalue weighted by Gasteiger charge is 2.27. The number of carbonyl (C=O) groups is 1. The molecule has 14 heteroatoms. The van der Waals surface area contributed by atoms with Crippen LogP contribution in [0.4, 0.5) is 14.6 Å². The minimum Gasteiger partial charge on any atom is -0.364 e. The lowest BCUT2D eigenvalue weighted by atomic mass is 10.0. The van der Waals surface area contributed by atoms with Gasteiger partial charge in [-0.2, -0.15) is 13.5 Å². The molecule has 11 nitrogen and oxygen atoms in total. The van der Waals surface area contributed by atoms with Crippen molar-refractivity contribution in [2.24, 2.45) is 11.1 Å². The Hall–Kier alpha value is -3.33. The summed E-state index contributed by atoms with van der Waals surface area (Å²) in [5.41, 5.74) is 1.09. The third-order valence-corrected chi connectivity index (χ3v) is 5.43. The molecule has 3 rings (SSSR count). The zero-order valence-corrected chi connectivity index (χ0v) is 19.2. The first-order chi connectivity index (χ1) is 16.7. The zero-order valence-electron chi connectivity index (χ0n) is 18.4. The summed E-state index contributed by atoms with van der Waals surface area (Å²) < 4.78 is 55.1. The van der Waals surface area contributed by atoms with Crippen molar-refractivity contribution in [1.82, 2.24) is 19.7 Å². The summed E-state index contributed by atoms with van der Waals surface area (Å²) in [6.45, 7) is -1.41. The van der Waals surface area contributed by atoms with E-state index in [1.54, 1.807) is 10.9 Å². The van der Waals surface area contributed by atoms with Crippen LogP contribution in [-0.4, -0.2) is 64.7 Å². The quantitative estimate of drug-likeness (QED) is 0.287. The van der Waals surface area contributed by atoms with E-state index in [2.05, 4.69) is 24.6 Å². The van der Waals surface area contributed by atoms with Gasteiger partial charge in [0.25, 0.3) is 0 Å². The topological polar surface area (TPSA) is 162 Å². The average Bonchev–Trinajstić information content (AvgIpc) is 3.29. The van der Waals surface area contributed by atoms with Crippen molar-refractivity contribution in [3.63, 3.8) is 0 Å². The lowest BCUT2D eigenvalue weighted by Gasteiger charge is -2.23. The van der Waals surface area contributed by atoms with E-state index in [1.807, 2.05) is 30.3 Å². The van der Waals surface area contributed by atoms with Crippen LogP contribution in [0.15, 0.2) is 55.1 Å². The number of carbonyl (C=O) groups excluding carboxylic acids is 1. The first-order valence-corrected chi connectivity index (χ1v) is 11.9. The monoisotopic (exact) mass is 510 g/mol. The lowest BCUT2D eigenvalue weighted by molar-refractivity contribution is -0.0317. The van der Waals surface area contributed by atoms with Crippen LogP contribution in [0.1, 0.15) is 28.0 Å². The molecule has 0 bridgehead atoms. The fraction of sp³-hybridized carbons (Fsp3) is 0.333. The maximum absolute atomic E-state index is 13.7. The molecule has 0 saturated carbocycles. The third-order valence-electron chi connectivity index (χ3n) is 4.97. The van der Waals surface area contributed by atoms with E-state index in [0.717, 1.165) is 11.9 Å². The van der Waals surface area contributed by atoms with E-state index in [-0.39, 0.29) is 17.1 Å². The van der Waals surface area contributed by atoms with Gasteiger partial charge in [-0.1, -0.05) is 30.3 Å². The van der Waals surface area contributed by atoms with E-state index in [4.69, 9.17) is 5.14 Å². The number of hydrogen-bond donors (Lipinski definition) is 3. The van der Waals surface area contributed by atoms with Gasteiger partial charge in [0.1, 0.15) is 24.5 Å². The van der Waals surface area contributed by atoms with Crippen LogP contribution in [-0.2, 0) is 21.0 Å². The van der Waals surface area contributed by atoms with Gasteiger partial charge in [0.15, 0.2) is 0 Å². The van der Waals surface area contributed by atoms with Crippen LogP contribution in [0.5, 0.6) is 0 Å². The lowest BCUT2D eigenvalue weighted by Crippen LogP contribution is -2.33. The van der Waals surface area contributed by atoms with Gasteiger partial charge in [-0.15, -0.1) is 0 Å². The first-order valence-electron chi connectivity index (χ1n) is 10.4. The van der Waals surface area contributed by atoms with E-state index in [0.29, 0.717) is 6.54 Å². The molecule has 2 heterocycles. The van der Waals surface area contributed by atoms with Gasteiger partial charge in [0.2, 0.25) is 12.1 Å². The van der Waals surface area contributed by atoms with Gasteiger partial charge in [0.05, 0.1) is 24.8 Å². The number of anilines is 1. The van der Waals surface area contributed by atoms with Crippen LogP contribution < -0.4 is 10.5 Å². The molecule has 188 valence electrons. The van der Waals surface area contributed by atoms with Crippen molar-refractivity contribution < 1.29 is 31.3 Å². The first kappa shape index (κ1) is 26.3. The Morgan fingerprint density at radius 2 is 2.00 bits per heavy atom. The molecule has 0 amide bonds. The third kappa shape index (κ3) is 7.85. The van der Waals surface area contributed by atoms with Crippen molar-refractivity contribution in [2.45, 2.75) is 25.4 Å². The molecule has 0 aliphatic heterocycles. The molecule has 0 spiro atoms. The van der Waals surface area contributed by atoms with Crippen molar-refractivity contribution >= 4 is 21.9 Å². The standard InChI is InChI=1S/C21H24F2N6O5S/c22-9-16(8-15(20(23)31)12-34-35(24,32)33)27-21-17(10-25-13-26-21)19(30)18-6-7-29(28-18)11-14-4-2-1-3-5-14/h1-7,10,13,15-16,20,31H,8-9,11-12H2,(H2,24,32,33)(H,25,26,27)/t15-,16-,20-/m1/s1. The molecule has 0 saturated heterocycles. The summed E-state index contributed by atoms with van der Waals surface area (Å²) in [6, 6.07) is 9.88. The number of aromatic nitrogens is 4. The molecule has 0 aliphatic rings.